The topological polar surface area (TPSA) is 78.4 Å². The summed E-state index contributed by atoms with van der Waals surface area (Å²) in [5.41, 5.74) is -1.28. The Hall–Kier alpha value is -1.82. The van der Waals surface area contributed by atoms with Gasteiger partial charge < -0.3 is 15.7 Å². The van der Waals surface area contributed by atoms with Crippen LogP contribution in [0.1, 0.15) is 19.3 Å². The molecule has 2 amide bonds. The minimum absolute atomic E-state index is 0.0539. The number of rotatable bonds is 3. The summed E-state index contributed by atoms with van der Waals surface area (Å²) >= 11 is 5.59. The number of benzene rings is 1. The lowest BCUT2D eigenvalue weighted by Gasteiger charge is -2.38. The fourth-order valence-electron chi connectivity index (χ4n) is 1.88. The van der Waals surface area contributed by atoms with Gasteiger partial charge in [-0.25, -0.2) is 14.0 Å². The number of hydrogen-bond acceptors (Lipinski definition) is 2. The molecule has 1 aromatic carbocycles. The van der Waals surface area contributed by atoms with Crippen LogP contribution in [0.5, 0.6) is 0 Å². The van der Waals surface area contributed by atoms with E-state index in [1.165, 1.54) is 12.1 Å². The van der Waals surface area contributed by atoms with E-state index in [-0.39, 0.29) is 10.7 Å². The van der Waals surface area contributed by atoms with E-state index in [0.29, 0.717) is 12.8 Å². The zero-order valence-corrected chi connectivity index (χ0v) is 10.6. The molecule has 102 valence electrons. The zero-order chi connectivity index (χ0) is 14.0. The summed E-state index contributed by atoms with van der Waals surface area (Å²) in [4.78, 5) is 22.7. The van der Waals surface area contributed by atoms with E-state index < -0.39 is 23.4 Å². The average Bonchev–Trinajstić information content (AvgIpc) is 2.27. The summed E-state index contributed by atoms with van der Waals surface area (Å²) in [5.74, 6) is -1.76. The lowest BCUT2D eigenvalue weighted by Crippen LogP contribution is -2.60. The number of nitrogens with one attached hydrogen (secondary N) is 2. The number of aliphatic carboxylic acids is 1. The maximum Gasteiger partial charge on any atom is 0.329 e. The fraction of sp³-hybridized carbons (Fsp3) is 0.333. The second-order valence-electron chi connectivity index (χ2n) is 4.44. The van der Waals surface area contributed by atoms with Crippen LogP contribution in [0.3, 0.4) is 0 Å². The minimum Gasteiger partial charge on any atom is -0.480 e. The number of carbonyl (C=O) groups excluding carboxylic acids is 1. The highest BCUT2D eigenvalue weighted by atomic mass is 35.5. The Morgan fingerprint density at radius 3 is 2.53 bits per heavy atom. The van der Waals surface area contributed by atoms with E-state index in [1.807, 2.05) is 0 Å². The number of carboxylic acid groups (broad SMARTS) is 1. The van der Waals surface area contributed by atoms with E-state index >= 15 is 0 Å². The largest absolute Gasteiger partial charge is 0.480 e. The standard InChI is InChI=1S/C12H12ClFN2O3/c13-7-2-3-9(8(14)6-7)15-11(19)16-12(10(17)18)4-1-5-12/h2-3,6H,1,4-5H2,(H,17,18)(H2,15,16,19). The first kappa shape index (κ1) is 13.6. The number of urea groups is 1. The molecule has 0 aliphatic heterocycles. The first-order valence-electron chi connectivity index (χ1n) is 5.70. The molecule has 2 rings (SSSR count). The van der Waals surface area contributed by atoms with Gasteiger partial charge in [0.15, 0.2) is 0 Å². The Kier molecular flexibility index (Phi) is 3.61. The van der Waals surface area contributed by atoms with Crippen LogP contribution in [0, 0.1) is 5.82 Å². The molecule has 19 heavy (non-hydrogen) atoms. The SMILES string of the molecule is O=C(Nc1ccc(Cl)cc1F)NC1(C(=O)O)CCC1. The van der Waals surface area contributed by atoms with E-state index in [0.717, 1.165) is 12.5 Å². The molecule has 1 fully saturated rings. The summed E-state index contributed by atoms with van der Waals surface area (Å²) in [7, 11) is 0. The Morgan fingerprint density at radius 1 is 1.37 bits per heavy atom. The molecular weight excluding hydrogens is 275 g/mol. The molecule has 1 aliphatic rings. The van der Waals surface area contributed by atoms with Gasteiger partial charge in [-0.1, -0.05) is 11.6 Å². The van der Waals surface area contributed by atoms with E-state index in [4.69, 9.17) is 16.7 Å². The first-order chi connectivity index (χ1) is 8.93. The van der Waals surface area contributed by atoms with Crippen molar-refractivity contribution in [3.8, 4) is 0 Å². The summed E-state index contributed by atoms with van der Waals surface area (Å²) in [5, 5.41) is 13.9. The number of carboxylic acids is 1. The smallest absolute Gasteiger partial charge is 0.329 e. The fourth-order valence-corrected chi connectivity index (χ4v) is 2.04. The summed E-state index contributed by atoms with van der Waals surface area (Å²) in [6, 6.07) is 3.05. The highest BCUT2D eigenvalue weighted by Gasteiger charge is 2.45. The van der Waals surface area contributed by atoms with Gasteiger partial charge in [0, 0.05) is 5.02 Å². The number of halogens is 2. The van der Waals surface area contributed by atoms with Crippen LogP contribution in [-0.2, 0) is 4.79 Å². The van der Waals surface area contributed by atoms with Crippen LogP contribution in [0.2, 0.25) is 5.02 Å². The van der Waals surface area contributed by atoms with E-state index in [2.05, 4.69) is 10.6 Å². The first-order valence-corrected chi connectivity index (χ1v) is 6.08. The lowest BCUT2D eigenvalue weighted by molar-refractivity contribution is -0.148. The molecule has 0 spiro atoms. The third-order valence-electron chi connectivity index (χ3n) is 3.15. The summed E-state index contributed by atoms with van der Waals surface area (Å²) in [6.07, 6.45) is 1.49. The molecule has 0 unspecified atom stereocenters. The van der Waals surface area contributed by atoms with Gasteiger partial charge in [0.05, 0.1) is 5.69 Å². The van der Waals surface area contributed by atoms with Crippen molar-refractivity contribution in [3.05, 3.63) is 29.0 Å². The van der Waals surface area contributed by atoms with Crippen molar-refractivity contribution in [2.24, 2.45) is 0 Å². The van der Waals surface area contributed by atoms with Crippen molar-refractivity contribution in [3.63, 3.8) is 0 Å². The van der Waals surface area contributed by atoms with Crippen LogP contribution >= 0.6 is 11.6 Å². The van der Waals surface area contributed by atoms with E-state index in [1.54, 1.807) is 0 Å². The van der Waals surface area contributed by atoms with Crippen molar-refractivity contribution in [2.75, 3.05) is 5.32 Å². The van der Waals surface area contributed by atoms with Gasteiger partial charge in [-0.15, -0.1) is 0 Å². The van der Waals surface area contributed by atoms with Gasteiger partial charge in [-0.3, -0.25) is 0 Å². The second kappa shape index (κ2) is 5.05. The van der Waals surface area contributed by atoms with Gasteiger partial charge in [-0.2, -0.15) is 0 Å². The third-order valence-corrected chi connectivity index (χ3v) is 3.38. The van der Waals surface area contributed by atoms with Gasteiger partial charge in [-0.05, 0) is 37.5 Å². The highest BCUT2D eigenvalue weighted by Crippen LogP contribution is 2.32. The molecule has 1 aromatic rings. The predicted molar refractivity (Wildman–Crippen MR) is 67.8 cm³/mol. The number of anilines is 1. The summed E-state index contributed by atoms with van der Waals surface area (Å²) in [6.45, 7) is 0. The van der Waals surface area contributed by atoms with Gasteiger partial charge in [0.25, 0.3) is 0 Å². The van der Waals surface area contributed by atoms with Crippen molar-refractivity contribution < 1.29 is 19.1 Å². The predicted octanol–water partition coefficient (Wildman–Crippen LogP) is 2.61. The highest BCUT2D eigenvalue weighted by molar-refractivity contribution is 6.30. The summed E-state index contributed by atoms with van der Waals surface area (Å²) < 4.78 is 13.5. The molecule has 0 heterocycles. The Bertz CT molecular complexity index is 532. The molecule has 0 radical (unpaired) electrons. The minimum atomic E-state index is -1.23. The molecule has 3 N–H and O–H groups in total. The Balaban J connectivity index is 2.03. The van der Waals surface area contributed by atoms with Crippen LogP contribution in [0.15, 0.2) is 18.2 Å². The van der Waals surface area contributed by atoms with Gasteiger partial charge >= 0.3 is 12.0 Å². The number of carbonyl (C=O) groups is 2. The van der Waals surface area contributed by atoms with Crippen molar-refractivity contribution in [2.45, 2.75) is 24.8 Å². The molecule has 5 nitrogen and oxygen atoms in total. The maximum atomic E-state index is 13.5. The third kappa shape index (κ3) is 2.78. The molecular formula is C12H12ClFN2O3. The number of amides is 2. The molecule has 0 saturated heterocycles. The van der Waals surface area contributed by atoms with E-state index in [9.17, 15) is 14.0 Å². The molecule has 0 aromatic heterocycles. The average molecular weight is 287 g/mol. The Labute approximate surface area is 113 Å². The quantitative estimate of drug-likeness (QED) is 0.799. The van der Waals surface area contributed by atoms with Crippen LogP contribution in [-0.4, -0.2) is 22.6 Å². The lowest BCUT2D eigenvalue weighted by atomic mass is 9.77. The molecule has 0 atom stereocenters. The van der Waals surface area contributed by atoms with Crippen LogP contribution in [0.4, 0.5) is 14.9 Å². The number of hydrogen-bond donors (Lipinski definition) is 3. The molecule has 1 saturated carbocycles. The monoisotopic (exact) mass is 286 g/mol. The van der Waals surface area contributed by atoms with Gasteiger partial charge in [0.2, 0.25) is 0 Å². The molecule has 1 aliphatic carbocycles. The zero-order valence-electron chi connectivity index (χ0n) is 9.87. The molecule has 0 bridgehead atoms. The van der Waals surface area contributed by atoms with Crippen molar-refractivity contribution in [1.82, 2.24) is 5.32 Å². The normalized spacial score (nSPS) is 16.3. The van der Waals surface area contributed by atoms with Gasteiger partial charge in [0.1, 0.15) is 11.4 Å². The van der Waals surface area contributed by atoms with Crippen molar-refractivity contribution in [1.29, 1.82) is 0 Å². The van der Waals surface area contributed by atoms with Crippen LogP contribution < -0.4 is 10.6 Å². The molecule has 7 heteroatoms. The second-order valence-corrected chi connectivity index (χ2v) is 4.88. The maximum absolute atomic E-state index is 13.5. The van der Waals surface area contributed by atoms with Crippen LogP contribution in [0.25, 0.3) is 0 Å². The van der Waals surface area contributed by atoms with Crippen molar-refractivity contribution >= 4 is 29.3 Å². The Morgan fingerprint density at radius 2 is 2.05 bits per heavy atom.